The fourth-order valence-corrected chi connectivity index (χ4v) is 1.18. The van der Waals surface area contributed by atoms with Crippen LogP contribution in [0.15, 0.2) is 0 Å². The van der Waals surface area contributed by atoms with E-state index < -0.39 is 0 Å². The van der Waals surface area contributed by atoms with Gasteiger partial charge < -0.3 is 15.5 Å². The van der Waals surface area contributed by atoms with Gasteiger partial charge in [0.1, 0.15) is 0 Å². The van der Waals surface area contributed by atoms with Crippen molar-refractivity contribution in [2.45, 2.75) is 45.7 Å². The van der Waals surface area contributed by atoms with E-state index >= 15 is 0 Å². The van der Waals surface area contributed by atoms with E-state index in [1.54, 1.807) is 25.9 Å². The molecular weight excluding hydrogens is 218 g/mol. The van der Waals surface area contributed by atoms with Crippen LogP contribution >= 0.6 is 0 Å². The number of carbonyl (C=O) groups excluding carboxylic acids is 2. The number of amides is 2. The second-order valence-electron chi connectivity index (χ2n) is 4.53. The second-order valence-corrected chi connectivity index (χ2v) is 4.53. The van der Waals surface area contributed by atoms with Gasteiger partial charge >= 0.3 is 0 Å². The molecule has 2 atom stereocenters. The summed E-state index contributed by atoms with van der Waals surface area (Å²) < 4.78 is 0. The molecule has 5 nitrogen and oxygen atoms in total. The Hall–Kier alpha value is -1.10. The van der Waals surface area contributed by atoms with Gasteiger partial charge in [0.05, 0.1) is 6.04 Å². The summed E-state index contributed by atoms with van der Waals surface area (Å²) in [6, 6.07) is -0.0749. The Morgan fingerprint density at radius 1 is 1.24 bits per heavy atom. The molecule has 0 aromatic heterocycles. The van der Waals surface area contributed by atoms with Crippen LogP contribution in [0.3, 0.4) is 0 Å². The summed E-state index contributed by atoms with van der Waals surface area (Å²) in [6.45, 7) is 6.32. The maximum absolute atomic E-state index is 11.7. The molecule has 0 fully saturated rings. The van der Waals surface area contributed by atoms with Gasteiger partial charge in [-0.25, -0.2) is 0 Å². The lowest BCUT2D eigenvalue weighted by atomic mass is 10.2. The van der Waals surface area contributed by atoms with E-state index in [9.17, 15) is 9.59 Å². The minimum absolute atomic E-state index is 0.0170. The van der Waals surface area contributed by atoms with Crippen LogP contribution in [0.2, 0.25) is 0 Å². The molecule has 0 saturated carbocycles. The SMILES string of the molecule is CCC(C)NC(=O)C(C)NCCC(=O)N(C)C. The zero-order chi connectivity index (χ0) is 13.4. The lowest BCUT2D eigenvalue weighted by Crippen LogP contribution is -2.46. The molecule has 2 N–H and O–H groups in total. The van der Waals surface area contributed by atoms with Crippen LogP contribution in [0, 0.1) is 0 Å². The minimum atomic E-state index is -0.265. The Labute approximate surface area is 104 Å². The van der Waals surface area contributed by atoms with Gasteiger partial charge in [-0.3, -0.25) is 9.59 Å². The molecule has 0 radical (unpaired) electrons. The number of rotatable bonds is 7. The standard InChI is InChI=1S/C12H25N3O2/c1-6-9(2)14-12(17)10(3)13-8-7-11(16)15(4)5/h9-10,13H,6-8H2,1-5H3,(H,14,17). The molecule has 5 heteroatoms. The van der Waals surface area contributed by atoms with Crippen LogP contribution in [0.5, 0.6) is 0 Å². The largest absolute Gasteiger partial charge is 0.352 e. The quantitative estimate of drug-likeness (QED) is 0.678. The Kier molecular flexibility index (Phi) is 7.54. The Morgan fingerprint density at radius 2 is 1.82 bits per heavy atom. The average molecular weight is 243 g/mol. The van der Waals surface area contributed by atoms with E-state index in [0.717, 1.165) is 6.42 Å². The fourth-order valence-electron chi connectivity index (χ4n) is 1.18. The molecule has 2 unspecified atom stereocenters. The average Bonchev–Trinajstić information content (AvgIpc) is 2.28. The zero-order valence-electron chi connectivity index (χ0n) is 11.5. The Balaban J connectivity index is 3.82. The molecule has 0 aromatic rings. The number of carbonyl (C=O) groups is 2. The first kappa shape index (κ1) is 15.9. The number of hydrogen-bond donors (Lipinski definition) is 2. The van der Waals surface area contributed by atoms with E-state index in [4.69, 9.17) is 0 Å². The van der Waals surface area contributed by atoms with Crippen molar-refractivity contribution < 1.29 is 9.59 Å². The van der Waals surface area contributed by atoms with Gasteiger partial charge in [0.25, 0.3) is 0 Å². The first-order valence-electron chi connectivity index (χ1n) is 6.12. The summed E-state index contributed by atoms with van der Waals surface area (Å²) in [5.74, 6) is 0.0451. The third-order valence-corrected chi connectivity index (χ3v) is 2.68. The van der Waals surface area contributed by atoms with Crippen LogP contribution in [0.4, 0.5) is 0 Å². The lowest BCUT2D eigenvalue weighted by molar-refractivity contribution is -0.129. The first-order valence-corrected chi connectivity index (χ1v) is 6.12. The zero-order valence-corrected chi connectivity index (χ0v) is 11.5. The third-order valence-electron chi connectivity index (χ3n) is 2.68. The minimum Gasteiger partial charge on any atom is -0.352 e. The molecule has 2 amide bonds. The predicted molar refractivity (Wildman–Crippen MR) is 68.7 cm³/mol. The summed E-state index contributed by atoms with van der Waals surface area (Å²) in [5.41, 5.74) is 0. The van der Waals surface area contributed by atoms with Crippen molar-refractivity contribution in [2.24, 2.45) is 0 Å². The molecule has 0 heterocycles. The number of nitrogens with one attached hydrogen (secondary N) is 2. The van der Waals surface area contributed by atoms with Gasteiger partial charge in [0.15, 0.2) is 0 Å². The first-order chi connectivity index (χ1) is 7.88. The molecule has 17 heavy (non-hydrogen) atoms. The maximum Gasteiger partial charge on any atom is 0.237 e. The monoisotopic (exact) mass is 243 g/mol. The number of hydrogen-bond acceptors (Lipinski definition) is 3. The van der Waals surface area contributed by atoms with Crippen LogP contribution in [-0.2, 0) is 9.59 Å². The Morgan fingerprint density at radius 3 is 2.29 bits per heavy atom. The lowest BCUT2D eigenvalue weighted by Gasteiger charge is -2.17. The summed E-state index contributed by atoms with van der Waals surface area (Å²) in [7, 11) is 3.45. The van der Waals surface area contributed by atoms with Gasteiger partial charge in [-0.1, -0.05) is 6.92 Å². The Bertz CT molecular complexity index is 254. The highest BCUT2D eigenvalue weighted by Crippen LogP contribution is 1.91. The van der Waals surface area contributed by atoms with Crippen molar-refractivity contribution in [2.75, 3.05) is 20.6 Å². The van der Waals surface area contributed by atoms with Crippen molar-refractivity contribution in [3.63, 3.8) is 0 Å². The van der Waals surface area contributed by atoms with Crippen molar-refractivity contribution in [3.8, 4) is 0 Å². The van der Waals surface area contributed by atoms with Gasteiger partial charge in [-0.2, -0.15) is 0 Å². The molecule has 0 saturated heterocycles. The molecule has 0 bridgehead atoms. The van der Waals surface area contributed by atoms with Crippen molar-refractivity contribution in [3.05, 3.63) is 0 Å². The molecule has 100 valence electrons. The summed E-state index contributed by atoms with van der Waals surface area (Å²) in [6.07, 6.45) is 1.32. The molecule has 0 spiro atoms. The molecule has 0 aliphatic rings. The smallest absolute Gasteiger partial charge is 0.237 e. The topological polar surface area (TPSA) is 61.4 Å². The van der Waals surface area contributed by atoms with Gasteiger partial charge in [0, 0.05) is 33.1 Å². The summed E-state index contributed by atoms with van der Waals surface area (Å²) in [5, 5.41) is 5.93. The molecule has 0 aromatic carbocycles. The molecule has 0 aliphatic carbocycles. The molecular formula is C12H25N3O2. The van der Waals surface area contributed by atoms with Gasteiger partial charge in [0.2, 0.25) is 11.8 Å². The van der Waals surface area contributed by atoms with Crippen molar-refractivity contribution >= 4 is 11.8 Å². The molecule has 0 rings (SSSR count). The third kappa shape index (κ3) is 6.94. The summed E-state index contributed by atoms with van der Waals surface area (Å²) >= 11 is 0. The van der Waals surface area contributed by atoms with Crippen LogP contribution in [0.1, 0.15) is 33.6 Å². The maximum atomic E-state index is 11.7. The summed E-state index contributed by atoms with van der Waals surface area (Å²) in [4.78, 5) is 24.5. The second kappa shape index (κ2) is 8.06. The van der Waals surface area contributed by atoms with Gasteiger partial charge in [-0.15, -0.1) is 0 Å². The normalized spacial score (nSPS) is 13.9. The fraction of sp³-hybridized carbons (Fsp3) is 0.833. The van der Waals surface area contributed by atoms with E-state index in [-0.39, 0.29) is 23.9 Å². The van der Waals surface area contributed by atoms with Crippen LogP contribution in [-0.4, -0.2) is 49.4 Å². The highest BCUT2D eigenvalue weighted by Gasteiger charge is 2.14. The van der Waals surface area contributed by atoms with E-state index in [1.165, 1.54) is 0 Å². The van der Waals surface area contributed by atoms with Crippen molar-refractivity contribution in [1.82, 2.24) is 15.5 Å². The van der Waals surface area contributed by atoms with Crippen molar-refractivity contribution in [1.29, 1.82) is 0 Å². The van der Waals surface area contributed by atoms with E-state index in [0.29, 0.717) is 13.0 Å². The van der Waals surface area contributed by atoms with Gasteiger partial charge in [-0.05, 0) is 20.3 Å². The van der Waals surface area contributed by atoms with Crippen LogP contribution in [0.25, 0.3) is 0 Å². The predicted octanol–water partition coefficient (Wildman–Crippen LogP) is 0.358. The highest BCUT2D eigenvalue weighted by molar-refractivity contribution is 5.81. The number of nitrogens with zero attached hydrogens (tertiary/aromatic N) is 1. The molecule has 0 aliphatic heterocycles. The highest BCUT2D eigenvalue weighted by atomic mass is 16.2. The van der Waals surface area contributed by atoms with Crippen LogP contribution < -0.4 is 10.6 Å². The van der Waals surface area contributed by atoms with E-state index in [1.807, 2.05) is 13.8 Å². The van der Waals surface area contributed by atoms with E-state index in [2.05, 4.69) is 10.6 Å².